The van der Waals surface area contributed by atoms with Gasteiger partial charge in [-0.1, -0.05) is 41.4 Å². The summed E-state index contributed by atoms with van der Waals surface area (Å²) in [5, 5.41) is 5.47. The molecule has 0 aliphatic rings. The number of hydrogen-bond donors (Lipinski definition) is 2. The molecule has 25 heavy (non-hydrogen) atoms. The molecule has 0 aliphatic carbocycles. The van der Waals surface area contributed by atoms with Crippen LogP contribution in [0.25, 0.3) is 0 Å². The molecule has 0 bridgehead atoms. The Bertz CT molecular complexity index is 931. The van der Waals surface area contributed by atoms with Crippen molar-refractivity contribution < 1.29 is 9.59 Å². The van der Waals surface area contributed by atoms with E-state index in [0.29, 0.717) is 11.4 Å². The Balaban J connectivity index is 1.80. The molecule has 0 unspecified atom stereocenters. The highest BCUT2D eigenvalue weighted by atomic mass is 35.5. The van der Waals surface area contributed by atoms with Crippen LogP contribution < -0.4 is 10.6 Å². The number of halogens is 2. The number of aromatic nitrogens is 2. The first-order valence-corrected chi connectivity index (χ1v) is 8.52. The van der Waals surface area contributed by atoms with Crippen molar-refractivity contribution in [3.63, 3.8) is 0 Å². The maximum Gasteiger partial charge on any atom is 0.277 e. The van der Waals surface area contributed by atoms with E-state index in [1.54, 1.807) is 42.5 Å². The zero-order chi connectivity index (χ0) is 17.8. The molecule has 2 aromatic heterocycles. The van der Waals surface area contributed by atoms with Gasteiger partial charge in [-0.05, 0) is 35.8 Å². The Hall–Kier alpha value is -2.48. The van der Waals surface area contributed by atoms with E-state index in [1.807, 2.05) is 0 Å². The summed E-state index contributed by atoms with van der Waals surface area (Å²) in [6.07, 6.45) is 1.52. The number of hydrogen-bond acceptors (Lipinski definition) is 5. The Kier molecular flexibility index (Phi) is 5.28. The highest BCUT2D eigenvalue weighted by Crippen LogP contribution is 2.30. The molecular formula is C16H10Cl2N4O2S. The lowest BCUT2D eigenvalue weighted by molar-refractivity contribution is 0.101. The van der Waals surface area contributed by atoms with Crippen molar-refractivity contribution in [2.75, 3.05) is 10.6 Å². The number of para-hydroxylation sites is 2. The van der Waals surface area contributed by atoms with Crippen molar-refractivity contribution in [1.82, 2.24) is 9.36 Å². The molecule has 2 N–H and O–H groups in total. The van der Waals surface area contributed by atoms with Gasteiger partial charge < -0.3 is 10.6 Å². The molecule has 1 aromatic carbocycles. The summed E-state index contributed by atoms with van der Waals surface area (Å²) in [5.41, 5.74) is 1.11. The Morgan fingerprint density at radius 1 is 0.920 bits per heavy atom. The second-order valence-electron chi connectivity index (χ2n) is 4.79. The second-order valence-corrected chi connectivity index (χ2v) is 6.54. The van der Waals surface area contributed by atoms with Crippen LogP contribution in [0.4, 0.5) is 11.4 Å². The van der Waals surface area contributed by atoms with Gasteiger partial charge in [-0.3, -0.25) is 14.6 Å². The first kappa shape index (κ1) is 17.3. The van der Waals surface area contributed by atoms with E-state index in [2.05, 4.69) is 20.0 Å². The summed E-state index contributed by atoms with van der Waals surface area (Å²) < 4.78 is 4.16. The van der Waals surface area contributed by atoms with Crippen LogP contribution in [-0.2, 0) is 0 Å². The largest absolute Gasteiger partial charge is 0.319 e. The average molecular weight is 393 g/mol. The molecule has 0 spiro atoms. The third kappa shape index (κ3) is 3.96. The smallest absolute Gasteiger partial charge is 0.277 e. The topological polar surface area (TPSA) is 84.0 Å². The van der Waals surface area contributed by atoms with Crippen LogP contribution in [0.3, 0.4) is 0 Å². The maximum absolute atomic E-state index is 12.3. The first-order valence-electron chi connectivity index (χ1n) is 6.99. The molecule has 0 radical (unpaired) electrons. The third-order valence-electron chi connectivity index (χ3n) is 3.13. The molecule has 0 atom stereocenters. The molecule has 126 valence electrons. The monoisotopic (exact) mass is 392 g/mol. The van der Waals surface area contributed by atoms with E-state index in [4.69, 9.17) is 23.2 Å². The normalized spacial score (nSPS) is 10.3. The Morgan fingerprint density at radius 3 is 2.12 bits per heavy atom. The molecule has 6 nitrogen and oxygen atoms in total. The Labute approximate surface area is 157 Å². The number of amides is 2. The minimum absolute atomic E-state index is 0.0301. The summed E-state index contributed by atoms with van der Waals surface area (Å²) in [4.78, 5) is 28.6. The van der Waals surface area contributed by atoms with Gasteiger partial charge in [0.1, 0.15) is 15.1 Å². The van der Waals surface area contributed by atoms with Gasteiger partial charge in [0.15, 0.2) is 5.69 Å². The van der Waals surface area contributed by atoms with Crippen LogP contribution in [0.1, 0.15) is 21.0 Å². The van der Waals surface area contributed by atoms with Crippen molar-refractivity contribution in [2.45, 2.75) is 0 Å². The van der Waals surface area contributed by atoms with E-state index >= 15 is 0 Å². The number of nitrogens with one attached hydrogen (secondary N) is 2. The van der Waals surface area contributed by atoms with E-state index in [-0.39, 0.29) is 20.7 Å². The predicted molar refractivity (Wildman–Crippen MR) is 98.7 cm³/mol. The van der Waals surface area contributed by atoms with Gasteiger partial charge in [0.05, 0.1) is 11.4 Å². The molecule has 9 heteroatoms. The standard InChI is InChI=1S/C16H10Cl2N4O2S/c17-12-13(22-25-14(12)18)16(24)21-10-6-2-1-5-9(10)20-15(23)11-7-3-4-8-19-11/h1-8H,(H,20,23)(H,21,24). The molecular weight excluding hydrogens is 383 g/mol. The summed E-state index contributed by atoms with van der Waals surface area (Å²) in [6, 6.07) is 11.8. The zero-order valence-corrected chi connectivity index (χ0v) is 14.8. The van der Waals surface area contributed by atoms with E-state index in [9.17, 15) is 9.59 Å². The number of pyridine rings is 1. The predicted octanol–water partition coefficient (Wildman–Crippen LogP) is 4.35. The van der Waals surface area contributed by atoms with Crippen molar-refractivity contribution >= 4 is 57.9 Å². The van der Waals surface area contributed by atoms with Gasteiger partial charge in [0, 0.05) is 6.20 Å². The minimum Gasteiger partial charge on any atom is -0.319 e. The van der Waals surface area contributed by atoms with Gasteiger partial charge in [0.2, 0.25) is 0 Å². The highest BCUT2D eigenvalue weighted by molar-refractivity contribution is 7.11. The fraction of sp³-hybridized carbons (Fsp3) is 0. The van der Waals surface area contributed by atoms with Gasteiger partial charge >= 0.3 is 0 Å². The van der Waals surface area contributed by atoms with Gasteiger partial charge in [-0.15, -0.1) is 0 Å². The van der Waals surface area contributed by atoms with E-state index in [0.717, 1.165) is 11.5 Å². The second kappa shape index (κ2) is 7.60. The lowest BCUT2D eigenvalue weighted by atomic mass is 10.2. The number of carbonyl (C=O) groups is 2. The number of carbonyl (C=O) groups excluding carboxylic acids is 2. The maximum atomic E-state index is 12.3. The van der Waals surface area contributed by atoms with Crippen LogP contribution in [0.2, 0.25) is 9.36 Å². The first-order chi connectivity index (χ1) is 12.1. The van der Waals surface area contributed by atoms with Crippen molar-refractivity contribution in [3.05, 3.63) is 69.4 Å². The quantitative estimate of drug-likeness (QED) is 0.690. The fourth-order valence-electron chi connectivity index (χ4n) is 1.97. The van der Waals surface area contributed by atoms with E-state index in [1.165, 1.54) is 6.20 Å². The third-order valence-corrected chi connectivity index (χ3v) is 4.74. The summed E-state index contributed by atoms with van der Waals surface area (Å²) in [7, 11) is 0. The number of rotatable bonds is 4. The molecule has 0 aliphatic heterocycles. The molecule has 2 amide bonds. The van der Waals surface area contributed by atoms with Crippen LogP contribution >= 0.6 is 34.7 Å². The number of anilines is 2. The average Bonchev–Trinajstić information content (AvgIpc) is 2.96. The van der Waals surface area contributed by atoms with Gasteiger partial charge in [-0.25, -0.2) is 0 Å². The minimum atomic E-state index is -0.521. The van der Waals surface area contributed by atoms with Gasteiger partial charge in [0.25, 0.3) is 11.8 Å². The number of nitrogens with zero attached hydrogens (tertiary/aromatic N) is 2. The lowest BCUT2D eigenvalue weighted by Gasteiger charge is -2.11. The summed E-state index contributed by atoms with van der Waals surface area (Å²) in [6.45, 7) is 0. The SMILES string of the molecule is O=C(Nc1ccccc1NC(=O)c1nsc(Cl)c1Cl)c1ccccn1. The van der Waals surface area contributed by atoms with Crippen LogP contribution in [0, 0.1) is 0 Å². The molecule has 3 rings (SSSR count). The van der Waals surface area contributed by atoms with Crippen LogP contribution in [-0.4, -0.2) is 21.2 Å². The molecule has 0 saturated heterocycles. The van der Waals surface area contributed by atoms with Gasteiger partial charge in [-0.2, -0.15) is 4.37 Å². The zero-order valence-electron chi connectivity index (χ0n) is 12.5. The molecule has 3 aromatic rings. The van der Waals surface area contributed by atoms with Crippen LogP contribution in [0.15, 0.2) is 48.7 Å². The van der Waals surface area contributed by atoms with Crippen molar-refractivity contribution in [2.24, 2.45) is 0 Å². The Morgan fingerprint density at radius 2 is 1.56 bits per heavy atom. The van der Waals surface area contributed by atoms with E-state index < -0.39 is 11.8 Å². The lowest BCUT2D eigenvalue weighted by Crippen LogP contribution is -2.17. The summed E-state index contributed by atoms with van der Waals surface area (Å²) in [5.74, 6) is -0.912. The number of benzene rings is 1. The molecule has 0 fully saturated rings. The molecule has 0 saturated carbocycles. The fourth-order valence-corrected chi connectivity index (χ4v) is 2.96. The van der Waals surface area contributed by atoms with Crippen LogP contribution in [0.5, 0.6) is 0 Å². The van der Waals surface area contributed by atoms with Crippen molar-refractivity contribution in [1.29, 1.82) is 0 Å². The molecule has 2 heterocycles. The highest BCUT2D eigenvalue weighted by Gasteiger charge is 2.19. The van der Waals surface area contributed by atoms with Crippen molar-refractivity contribution in [3.8, 4) is 0 Å². The summed E-state index contributed by atoms with van der Waals surface area (Å²) >= 11 is 12.7.